The third kappa shape index (κ3) is 4.54. The van der Waals surface area contributed by atoms with E-state index in [4.69, 9.17) is 0 Å². The summed E-state index contributed by atoms with van der Waals surface area (Å²) in [5.41, 5.74) is -0.164. The van der Waals surface area contributed by atoms with Crippen LogP contribution < -0.4 is 0 Å². The van der Waals surface area contributed by atoms with E-state index in [1.165, 1.54) is 0 Å². The van der Waals surface area contributed by atoms with Crippen molar-refractivity contribution in [3.05, 3.63) is 0 Å². The number of hydrogen-bond acceptors (Lipinski definition) is 1. The molecule has 0 N–H and O–H groups in total. The van der Waals surface area contributed by atoms with Gasteiger partial charge in [0.25, 0.3) is 0 Å². The summed E-state index contributed by atoms with van der Waals surface area (Å²) in [7, 11) is 1.92. The first-order chi connectivity index (χ1) is 6.77. The number of hydrogen-bond donors (Lipinski definition) is 0. The van der Waals surface area contributed by atoms with Gasteiger partial charge >= 0.3 is 0 Å². The van der Waals surface area contributed by atoms with Crippen molar-refractivity contribution in [2.24, 2.45) is 10.8 Å². The van der Waals surface area contributed by atoms with Crippen LogP contribution in [-0.4, -0.2) is 23.4 Å². The highest BCUT2D eigenvalue weighted by Crippen LogP contribution is 2.32. The van der Waals surface area contributed by atoms with Crippen molar-refractivity contribution in [3.63, 3.8) is 0 Å². The molecule has 16 heavy (non-hydrogen) atoms. The van der Waals surface area contributed by atoms with Crippen LogP contribution in [0, 0.1) is 10.8 Å². The molecular weight excluding hydrogens is 198 g/mol. The SMILES string of the molecule is CN(C(=O)C(C)(C)C)C(C)(C)CC(C)(C)C. The van der Waals surface area contributed by atoms with Crippen LogP contribution >= 0.6 is 0 Å². The van der Waals surface area contributed by atoms with Gasteiger partial charge in [0.2, 0.25) is 5.91 Å². The Hall–Kier alpha value is -0.530. The van der Waals surface area contributed by atoms with E-state index in [-0.39, 0.29) is 22.3 Å². The van der Waals surface area contributed by atoms with Crippen molar-refractivity contribution >= 4 is 5.91 Å². The molecule has 0 aromatic carbocycles. The number of carbonyl (C=O) groups excluding carboxylic acids is 1. The molecule has 0 saturated carbocycles. The number of rotatable bonds is 2. The molecule has 2 nitrogen and oxygen atoms in total. The van der Waals surface area contributed by atoms with Crippen LogP contribution in [0.25, 0.3) is 0 Å². The Bertz CT molecular complexity index is 253. The fourth-order valence-electron chi connectivity index (χ4n) is 2.19. The zero-order valence-electron chi connectivity index (χ0n) is 12.6. The van der Waals surface area contributed by atoms with Crippen LogP contribution in [0.15, 0.2) is 0 Å². The highest BCUT2D eigenvalue weighted by Gasteiger charge is 2.36. The molecule has 0 rings (SSSR count). The van der Waals surface area contributed by atoms with Crippen LogP contribution in [0.4, 0.5) is 0 Å². The average molecular weight is 227 g/mol. The summed E-state index contributed by atoms with van der Waals surface area (Å²) in [6.45, 7) is 16.8. The zero-order valence-corrected chi connectivity index (χ0v) is 12.6. The van der Waals surface area contributed by atoms with Crippen molar-refractivity contribution in [1.29, 1.82) is 0 Å². The first kappa shape index (κ1) is 15.5. The van der Waals surface area contributed by atoms with Crippen molar-refractivity contribution < 1.29 is 4.79 Å². The van der Waals surface area contributed by atoms with E-state index in [9.17, 15) is 4.79 Å². The Kier molecular flexibility index (Phi) is 4.24. The summed E-state index contributed by atoms with van der Waals surface area (Å²) in [5, 5.41) is 0. The Morgan fingerprint density at radius 3 is 1.56 bits per heavy atom. The van der Waals surface area contributed by atoms with Crippen molar-refractivity contribution in [3.8, 4) is 0 Å². The molecule has 0 aliphatic heterocycles. The van der Waals surface area contributed by atoms with Gasteiger partial charge in [0.05, 0.1) is 0 Å². The van der Waals surface area contributed by atoms with Crippen LogP contribution in [-0.2, 0) is 4.79 Å². The topological polar surface area (TPSA) is 20.3 Å². The molecule has 0 fully saturated rings. The normalized spacial score (nSPS) is 13.8. The van der Waals surface area contributed by atoms with E-state index >= 15 is 0 Å². The van der Waals surface area contributed by atoms with Gasteiger partial charge in [-0.25, -0.2) is 0 Å². The minimum atomic E-state index is -0.302. The van der Waals surface area contributed by atoms with Gasteiger partial charge < -0.3 is 4.90 Å². The van der Waals surface area contributed by atoms with Crippen LogP contribution in [0.3, 0.4) is 0 Å². The Morgan fingerprint density at radius 2 is 1.31 bits per heavy atom. The van der Waals surface area contributed by atoms with E-state index in [1.54, 1.807) is 0 Å². The number of amides is 1. The highest BCUT2D eigenvalue weighted by molar-refractivity contribution is 5.81. The second-order valence-electron chi connectivity index (χ2n) is 7.66. The lowest BCUT2D eigenvalue weighted by molar-refractivity contribution is -0.144. The highest BCUT2D eigenvalue weighted by atomic mass is 16.2. The fraction of sp³-hybridized carbons (Fsp3) is 0.929. The Balaban J connectivity index is 4.84. The summed E-state index contributed by atoms with van der Waals surface area (Å²) < 4.78 is 0. The van der Waals surface area contributed by atoms with Crippen molar-refractivity contribution in [1.82, 2.24) is 4.90 Å². The molecule has 0 aliphatic rings. The van der Waals surface area contributed by atoms with E-state index < -0.39 is 0 Å². The summed E-state index contributed by atoms with van der Waals surface area (Å²) in [4.78, 5) is 14.1. The predicted octanol–water partition coefficient (Wildman–Crippen LogP) is 3.71. The predicted molar refractivity (Wildman–Crippen MR) is 70.4 cm³/mol. The minimum Gasteiger partial charge on any atom is -0.340 e. The van der Waals surface area contributed by atoms with Gasteiger partial charge in [0, 0.05) is 18.0 Å². The molecule has 2 heteroatoms. The van der Waals surface area contributed by atoms with Crippen LogP contribution in [0.5, 0.6) is 0 Å². The smallest absolute Gasteiger partial charge is 0.228 e. The maximum absolute atomic E-state index is 12.2. The van der Waals surface area contributed by atoms with E-state index in [2.05, 4.69) is 34.6 Å². The lowest BCUT2D eigenvalue weighted by atomic mass is 9.80. The molecule has 0 aromatic rings. The standard InChI is InChI=1S/C14H29NO/c1-12(2,3)10-14(7,8)15(9)11(16)13(4,5)6/h10H2,1-9H3. The van der Waals surface area contributed by atoms with Crippen LogP contribution in [0.2, 0.25) is 0 Å². The molecule has 96 valence electrons. The first-order valence-electron chi connectivity index (χ1n) is 6.06. The number of nitrogens with zero attached hydrogens (tertiary/aromatic N) is 1. The third-order valence-electron chi connectivity index (χ3n) is 2.82. The minimum absolute atomic E-state index is 0.0946. The fourth-order valence-corrected chi connectivity index (χ4v) is 2.19. The molecule has 0 unspecified atom stereocenters. The first-order valence-corrected chi connectivity index (χ1v) is 6.06. The van der Waals surface area contributed by atoms with Crippen LogP contribution in [0.1, 0.15) is 61.8 Å². The number of carbonyl (C=O) groups is 1. The largest absolute Gasteiger partial charge is 0.340 e. The molecule has 0 heterocycles. The molecule has 0 aromatic heterocycles. The molecule has 0 bridgehead atoms. The lowest BCUT2D eigenvalue weighted by Gasteiger charge is -2.42. The summed E-state index contributed by atoms with van der Waals surface area (Å²) in [6, 6.07) is 0. The van der Waals surface area contributed by atoms with Gasteiger partial charge in [0.15, 0.2) is 0 Å². The Morgan fingerprint density at radius 1 is 0.938 bits per heavy atom. The average Bonchev–Trinajstić information content (AvgIpc) is 1.95. The second-order valence-corrected chi connectivity index (χ2v) is 7.66. The van der Waals surface area contributed by atoms with Crippen molar-refractivity contribution in [2.45, 2.75) is 67.3 Å². The van der Waals surface area contributed by atoms with E-state index in [1.807, 2.05) is 32.7 Å². The van der Waals surface area contributed by atoms with Gasteiger partial charge in [-0.3, -0.25) is 4.79 Å². The zero-order chi connectivity index (χ0) is 13.4. The molecular formula is C14H29NO. The quantitative estimate of drug-likeness (QED) is 0.704. The van der Waals surface area contributed by atoms with Gasteiger partial charge in [-0.05, 0) is 25.7 Å². The maximum atomic E-state index is 12.2. The lowest BCUT2D eigenvalue weighted by Crippen LogP contribution is -2.50. The molecule has 0 saturated heterocycles. The molecule has 0 atom stereocenters. The molecule has 1 amide bonds. The monoisotopic (exact) mass is 227 g/mol. The van der Waals surface area contributed by atoms with Gasteiger partial charge in [-0.2, -0.15) is 0 Å². The second kappa shape index (κ2) is 4.38. The molecule has 0 aliphatic carbocycles. The molecule has 0 spiro atoms. The van der Waals surface area contributed by atoms with Crippen molar-refractivity contribution in [2.75, 3.05) is 7.05 Å². The summed E-state index contributed by atoms with van der Waals surface area (Å²) >= 11 is 0. The van der Waals surface area contributed by atoms with Gasteiger partial charge in [0.1, 0.15) is 0 Å². The molecule has 0 radical (unpaired) electrons. The third-order valence-corrected chi connectivity index (χ3v) is 2.82. The Labute approximate surface area is 101 Å². The van der Waals surface area contributed by atoms with E-state index in [0.29, 0.717) is 0 Å². The summed E-state index contributed by atoms with van der Waals surface area (Å²) in [5.74, 6) is 0.210. The van der Waals surface area contributed by atoms with Gasteiger partial charge in [-0.15, -0.1) is 0 Å². The van der Waals surface area contributed by atoms with Gasteiger partial charge in [-0.1, -0.05) is 41.5 Å². The summed E-state index contributed by atoms with van der Waals surface area (Å²) in [6.07, 6.45) is 0.998. The van der Waals surface area contributed by atoms with E-state index in [0.717, 1.165) is 6.42 Å². The maximum Gasteiger partial charge on any atom is 0.228 e.